The molecule has 0 saturated carbocycles. The van der Waals surface area contributed by atoms with E-state index in [-0.39, 0.29) is 11.8 Å². The van der Waals surface area contributed by atoms with E-state index < -0.39 is 0 Å². The molecule has 5 heteroatoms. The fourth-order valence-corrected chi connectivity index (χ4v) is 2.85. The van der Waals surface area contributed by atoms with Gasteiger partial charge in [0, 0.05) is 39.5 Å². The molecule has 1 saturated heterocycles. The third-order valence-electron chi connectivity index (χ3n) is 4.27. The van der Waals surface area contributed by atoms with Crippen molar-refractivity contribution in [3.8, 4) is 5.75 Å². The monoisotopic (exact) mass is 318 g/mol. The number of rotatable bonds is 5. The SMILES string of the molecule is CC(=O)N1CCN(C(=O)CCCOc2c(C)cccc2C)CC1. The van der Waals surface area contributed by atoms with Crippen LogP contribution in [-0.4, -0.2) is 54.4 Å². The van der Waals surface area contributed by atoms with Gasteiger partial charge < -0.3 is 14.5 Å². The van der Waals surface area contributed by atoms with Crippen LogP contribution in [0.4, 0.5) is 0 Å². The largest absolute Gasteiger partial charge is 0.493 e. The molecule has 23 heavy (non-hydrogen) atoms. The Morgan fingerprint density at radius 1 is 1.04 bits per heavy atom. The highest BCUT2D eigenvalue weighted by molar-refractivity contribution is 5.77. The summed E-state index contributed by atoms with van der Waals surface area (Å²) >= 11 is 0. The van der Waals surface area contributed by atoms with Gasteiger partial charge in [-0.15, -0.1) is 0 Å². The van der Waals surface area contributed by atoms with Crippen LogP contribution in [0.25, 0.3) is 0 Å². The summed E-state index contributed by atoms with van der Waals surface area (Å²) in [5.41, 5.74) is 2.24. The lowest BCUT2D eigenvalue weighted by Crippen LogP contribution is -2.50. The zero-order chi connectivity index (χ0) is 16.8. The quantitative estimate of drug-likeness (QED) is 0.782. The van der Waals surface area contributed by atoms with E-state index >= 15 is 0 Å². The number of aryl methyl sites for hydroxylation is 2. The van der Waals surface area contributed by atoms with Crippen molar-refractivity contribution in [1.82, 2.24) is 9.80 Å². The highest BCUT2D eigenvalue weighted by Crippen LogP contribution is 2.22. The minimum absolute atomic E-state index is 0.0825. The Balaban J connectivity index is 1.70. The summed E-state index contributed by atoms with van der Waals surface area (Å²) < 4.78 is 5.83. The van der Waals surface area contributed by atoms with Crippen LogP contribution in [0.1, 0.15) is 30.9 Å². The van der Waals surface area contributed by atoms with Gasteiger partial charge in [-0.25, -0.2) is 0 Å². The van der Waals surface area contributed by atoms with Crippen molar-refractivity contribution in [2.75, 3.05) is 32.8 Å². The molecular weight excluding hydrogens is 292 g/mol. The lowest BCUT2D eigenvalue weighted by Gasteiger charge is -2.34. The lowest BCUT2D eigenvalue weighted by atomic mass is 10.1. The lowest BCUT2D eigenvalue weighted by molar-refractivity contribution is -0.138. The Morgan fingerprint density at radius 2 is 1.61 bits per heavy atom. The Labute approximate surface area is 138 Å². The molecule has 0 atom stereocenters. The van der Waals surface area contributed by atoms with Gasteiger partial charge in [0.25, 0.3) is 0 Å². The Kier molecular flexibility index (Phi) is 6.02. The molecule has 0 aliphatic carbocycles. The first-order valence-corrected chi connectivity index (χ1v) is 8.21. The van der Waals surface area contributed by atoms with Crippen molar-refractivity contribution in [2.24, 2.45) is 0 Å². The van der Waals surface area contributed by atoms with E-state index in [0.29, 0.717) is 45.6 Å². The first-order valence-electron chi connectivity index (χ1n) is 8.21. The number of amides is 2. The van der Waals surface area contributed by atoms with Crippen molar-refractivity contribution < 1.29 is 14.3 Å². The summed E-state index contributed by atoms with van der Waals surface area (Å²) in [6.45, 7) is 8.73. The molecule has 0 spiro atoms. The number of carbonyl (C=O) groups excluding carboxylic acids is 2. The number of para-hydroxylation sites is 1. The molecule has 0 radical (unpaired) electrons. The fraction of sp³-hybridized carbons (Fsp3) is 0.556. The maximum atomic E-state index is 12.2. The molecule has 1 aliphatic heterocycles. The van der Waals surface area contributed by atoms with Crippen molar-refractivity contribution in [3.63, 3.8) is 0 Å². The highest BCUT2D eigenvalue weighted by atomic mass is 16.5. The minimum Gasteiger partial charge on any atom is -0.493 e. The van der Waals surface area contributed by atoms with E-state index in [1.165, 1.54) is 0 Å². The van der Waals surface area contributed by atoms with Crippen LogP contribution in [0.2, 0.25) is 0 Å². The normalized spacial score (nSPS) is 14.7. The maximum Gasteiger partial charge on any atom is 0.222 e. The average molecular weight is 318 g/mol. The standard InChI is InChI=1S/C18H26N2O3/c1-14-6-4-7-15(2)18(14)23-13-5-8-17(22)20-11-9-19(10-12-20)16(3)21/h4,6-7H,5,8-13H2,1-3H3. The highest BCUT2D eigenvalue weighted by Gasteiger charge is 2.21. The molecule has 1 fully saturated rings. The van der Waals surface area contributed by atoms with E-state index in [2.05, 4.69) is 0 Å². The summed E-state index contributed by atoms with van der Waals surface area (Å²) in [4.78, 5) is 27.1. The second-order valence-electron chi connectivity index (χ2n) is 6.06. The van der Waals surface area contributed by atoms with Gasteiger partial charge >= 0.3 is 0 Å². The second kappa shape index (κ2) is 7.99. The number of nitrogens with zero attached hydrogens (tertiary/aromatic N) is 2. The Bertz CT molecular complexity index is 543. The third kappa shape index (κ3) is 4.71. The van der Waals surface area contributed by atoms with Crippen LogP contribution in [-0.2, 0) is 9.59 Å². The van der Waals surface area contributed by atoms with Gasteiger partial charge in [0.15, 0.2) is 0 Å². The predicted molar refractivity (Wildman–Crippen MR) is 89.5 cm³/mol. The molecule has 0 bridgehead atoms. The number of benzene rings is 1. The third-order valence-corrected chi connectivity index (χ3v) is 4.27. The zero-order valence-electron chi connectivity index (χ0n) is 14.3. The van der Waals surface area contributed by atoms with Crippen molar-refractivity contribution >= 4 is 11.8 Å². The summed E-state index contributed by atoms with van der Waals surface area (Å²) in [6.07, 6.45) is 1.20. The second-order valence-corrected chi connectivity index (χ2v) is 6.06. The fourth-order valence-electron chi connectivity index (χ4n) is 2.85. The van der Waals surface area contributed by atoms with Crippen LogP contribution in [0.3, 0.4) is 0 Å². The molecule has 1 aromatic carbocycles. The van der Waals surface area contributed by atoms with Crippen molar-refractivity contribution in [2.45, 2.75) is 33.6 Å². The minimum atomic E-state index is 0.0825. The summed E-state index contributed by atoms with van der Waals surface area (Å²) in [5, 5.41) is 0. The predicted octanol–water partition coefficient (Wildman–Crippen LogP) is 2.15. The van der Waals surface area contributed by atoms with Crippen LogP contribution >= 0.6 is 0 Å². The average Bonchev–Trinajstić information content (AvgIpc) is 2.53. The van der Waals surface area contributed by atoms with E-state index in [1.807, 2.05) is 36.9 Å². The number of carbonyl (C=O) groups is 2. The van der Waals surface area contributed by atoms with Gasteiger partial charge in [0.1, 0.15) is 5.75 Å². The molecular formula is C18H26N2O3. The van der Waals surface area contributed by atoms with Crippen molar-refractivity contribution in [1.29, 1.82) is 0 Å². The molecule has 2 amide bonds. The van der Waals surface area contributed by atoms with Gasteiger partial charge in [-0.05, 0) is 31.4 Å². The van der Waals surface area contributed by atoms with E-state index in [9.17, 15) is 9.59 Å². The molecule has 126 valence electrons. The summed E-state index contributed by atoms with van der Waals surface area (Å²) in [6, 6.07) is 6.08. The number of ether oxygens (including phenoxy) is 1. The summed E-state index contributed by atoms with van der Waals surface area (Å²) in [5.74, 6) is 1.16. The van der Waals surface area contributed by atoms with Gasteiger partial charge in [-0.3, -0.25) is 9.59 Å². The van der Waals surface area contributed by atoms with Crippen LogP contribution in [0.15, 0.2) is 18.2 Å². The van der Waals surface area contributed by atoms with Gasteiger partial charge in [-0.1, -0.05) is 18.2 Å². The maximum absolute atomic E-state index is 12.2. The number of hydrogen-bond donors (Lipinski definition) is 0. The topological polar surface area (TPSA) is 49.9 Å². The number of hydrogen-bond acceptors (Lipinski definition) is 3. The molecule has 0 unspecified atom stereocenters. The first-order chi connectivity index (χ1) is 11.0. The molecule has 2 rings (SSSR count). The van der Waals surface area contributed by atoms with Gasteiger partial charge in [-0.2, -0.15) is 0 Å². The Morgan fingerprint density at radius 3 is 2.17 bits per heavy atom. The van der Waals surface area contributed by atoms with Gasteiger partial charge in [0.2, 0.25) is 11.8 Å². The number of piperazine rings is 1. The van der Waals surface area contributed by atoms with Crippen LogP contribution in [0, 0.1) is 13.8 Å². The summed E-state index contributed by atoms with van der Waals surface area (Å²) in [7, 11) is 0. The first kappa shape index (κ1) is 17.3. The van der Waals surface area contributed by atoms with E-state index in [4.69, 9.17) is 4.74 Å². The smallest absolute Gasteiger partial charge is 0.222 e. The van der Waals surface area contributed by atoms with Gasteiger partial charge in [0.05, 0.1) is 6.61 Å². The molecule has 0 aromatic heterocycles. The Hall–Kier alpha value is -2.04. The zero-order valence-corrected chi connectivity index (χ0v) is 14.3. The molecule has 1 aromatic rings. The van der Waals surface area contributed by atoms with E-state index in [1.54, 1.807) is 11.8 Å². The molecule has 1 heterocycles. The van der Waals surface area contributed by atoms with Crippen LogP contribution in [0.5, 0.6) is 5.75 Å². The molecule has 0 N–H and O–H groups in total. The van der Waals surface area contributed by atoms with Crippen LogP contribution < -0.4 is 4.74 Å². The van der Waals surface area contributed by atoms with Crippen molar-refractivity contribution in [3.05, 3.63) is 29.3 Å². The molecule has 1 aliphatic rings. The van der Waals surface area contributed by atoms with E-state index in [0.717, 1.165) is 16.9 Å². The molecule has 5 nitrogen and oxygen atoms in total.